The van der Waals surface area contributed by atoms with Gasteiger partial charge in [0.1, 0.15) is 6.17 Å². The summed E-state index contributed by atoms with van der Waals surface area (Å²) in [6.45, 7) is 0.443. The average molecular weight is 417 g/mol. The number of alkyl halides is 1. The molecule has 2 fully saturated rings. The number of benzene rings is 2. The Morgan fingerprint density at radius 2 is 1.83 bits per heavy atom. The van der Waals surface area contributed by atoms with Crippen molar-refractivity contribution >= 4 is 15.9 Å². The van der Waals surface area contributed by atoms with Gasteiger partial charge < -0.3 is 4.90 Å². The highest BCUT2D eigenvalue weighted by molar-refractivity contribution is 7.88. The molecule has 2 aromatic carbocycles. The number of nitrogens with one attached hydrogen (secondary N) is 1. The summed E-state index contributed by atoms with van der Waals surface area (Å²) in [4.78, 5) is 14.4. The number of amides is 1. The Hall–Kier alpha value is -2.25. The molecule has 0 bridgehead atoms. The second kappa shape index (κ2) is 7.88. The van der Waals surface area contributed by atoms with Crippen LogP contribution >= 0.6 is 0 Å². The lowest BCUT2D eigenvalue weighted by atomic mass is 9.97. The minimum absolute atomic E-state index is 0.195. The Bertz CT molecular complexity index is 996. The number of likely N-dealkylation sites (tertiary alicyclic amines) is 1. The molecule has 2 aliphatic rings. The van der Waals surface area contributed by atoms with E-state index < -0.39 is 22.1 Å². The van der Waals surface area contributed by atoms with E-state index >= 15 is 0 Å². The number of rotatable bonds is 6. The van der Waals surface area contributed by atoms with Crippen LogP contribution in [0.15, 0.2) is 54.6 Å². The third kappa shape index (κ3) is 4.67. The zero-order valence-corrected chi connectivity index (χ0v) is 17.1. The summed E-state index contributed by atoms with van der Waals surface area (Å²) >= 11 is 0. The molecule has 1 saturated carbocycles. The molecule has 1 amide bonds. The van der Waals surface area contributed by atoms with Gasteiger partial charge in [0.2, 0.25) is 15.9 Å². The van der Waals surface area contributed by atoms with Crippen molar-refractivity contribution in [1.82, 2.24) is 9.62 Å². The summed E-state index contributed by atoms with van der Waals surface area (Å²) in [6.07, 6.45) is 1.39. The first-order chi connectivity index (χ1) is 13.8. The molecule has 0 aromatic heterocycles. The molecule has 154 valence electrons. The minimum Gasteiger partial charge on any atom is -0.337 e. The Morgan fingerprint density at radius 3 is 2.48 bits per heavy atom. The Kier molecular flexibility index (Phi) is 5.44. The van der Waals surface area contributed by atoms with Gasteiger partial charge in [0.15, 0.2) is 0 Å². The molecule has 1 aliphatic heterocycles. The van der Waals surface area contributed by atoms with Gasteiger partial charge in [-0.2, -0.15) is 0 Å². The fourth-order valence-corrected chi connectivity index (χ4v) is 5.00. The first-order valence-corrected chi connectivity index (χ1v) is 11.8. The highest BCUT2D eigenvalue weighted by Crippen LogP contribution is 2.38. The second-order valence-electron chi connectivity index (χ2n) is 8.01. The van der Waals surface area contributed by atoms with Crippen molar-refractivity contribution in [2.24, 2.45) is 5.92 Å². The van der Waals surface area contributed by atoms with Crippen molar-refractivity contribution in [3.8, 4) is 11.1 Å². The van der Waals surface area contributed by atoms with E-state index in [9.17, 15) is 17.6 Å². The summed E-state index contributed by atoms with van der Waals surface area (Å²) < 4.78 is 39.8. The van der Waals surface area contributed by atoms with Crippen LogP contribution in [0.4, 0.5) is 4.39 Å². The van der Waals surface area contributed by atoms with E-state index in [1.54, 1.807) is 4.90 Å². The molecule has 1 aliphatic carbocycles. The monoisotopic (exact) mass is 416 g/mol. The van der Waals surface area contributed by atoms with Crippen LogP contribution in [0.2, 0.25) is 0 Å². The van der Waals surface area contributed by atoms with Gasteiger partial charge in [-0.1, -0.05) is 54.6 Å². The average Bonchev–Trinajstić information content (AvgIpc) is 3.31. The highest BCUT2D eigenvalue weighted by atomic mass is 32.2. The number of hydrogen-bond donors (Lipinski definition) is 1. The van der Waals surface area contributed by atoms with E-state index in [0.717, 1.165) is 22.9 Å². The minimum atomic E-state index is -3.41. The first kappa shape index (κ1) is 20.0. The smallest absolute Gasteiger partial charge is 0.229 e. The van der Waals surface area contributed by atoms with Crippen molar-refractivity contribution in [2.45, 2.75) is 37.5 Å². The zero-order chi connectivity index (χ0) is 20.6. The van der Waals surface area contributed by atoms with Crippen LogP contribution in [0.25, 0.3) is 11.1 Å². The molecule has 4 rings (SSSR count). The molecule has 2 unspecified atom stereocenters. The first-order valence-electron chi connectivity index (χ1n) is 9.88. The van der Waals surface area contributed by atoms with E-state index in [0.29, 0.717) is 19.4 Å². The summed E-state index contributed by atoms with van der Waals surface area (Å²) in [7, 11) is -3.41. The van der Waals surface area contributed by atoms with Crippen LogP contribution in [-0.4, -0.2) is 50.3 Å². The molecular weight excluding hydrogens is 391 g/mol. The summed E-state index contributed by atoms with van der Waals surface area (Å²) in [5.41, 5.74) is 3.18. The third-order valence-corrected chi connectivity index (χ3v) is 6.43. The molecule has 1 saturated heterocycles. The maximum absolute atomic E-state index is 13.5. The third-order valence-electron chi connectivity index (χ3n) is 5.70. The van der Waals surface area contributed by atoms with E-state index in [-0.39, 0.29) is 24.4 Å². The number of carbonyl (C=O) groups is 1. The van der Waals surface area contributed by atoms with Crippen LogP contribution in [-0.2, 0) is 21.2 Å². The van der Waals surface area contributed by atoms with Gasteiger partial charge >= 0.3 is 0 Å². The van der Waals surface area contributed by atoms with Crippen molar-refractivity contribution < 1.29 is 17.6 Å². The van der Waals surface area contributed by atoms with Gasteiger partial charge in [0.05, 0.1) is 18.2 Å². The van der Waals surface area contributed by atoms with Crippen molar-refractivity contribution in [3.05, 3.63) is 60.2 Å². The molecule has 2 aromatic rings. The van der Waals surface area contributed by atoms with E-state index in [4.69, 9.17) is 0 Å². The Morgan fingerprint density at radius 1 is 1.14 bits per heavy atom. The molecule has 4 atom stereocenters. The lowest BCUT2D eigenvalue weighted by molar-refractivity contribution is -0.133. The number of carbonyl (C=O) groups excluding carboxylic acids is 1. The lowest BCUT2D eigenvalue weighted by Gasteiger charge is -2.29. The highest BCUT2D eigenvalue weighted by Gasteiger charge is 2.49. The van der Waals surface area contributed by atoms with Crippen LogP contribution < -0.4 is 4.72 Å². The number of hydrogen-bond acceptors (Lipinski definition) is 3. The van der Waals surface area contributed by atoms with Gasteiger partial charge in [-0.15, -0.1) is 0 Å². The van der Waals surface area contributed by atoms with Crippen molar-refractivity contribution in [3.63, 3.8) is 0 Å². The van der Waals surface area contributed by atoms with E-state index in [2.05, 4.69) is 10.8 Å². The second-order valence-corrected chi connectivity index (χ2v) is 9.79. The topological polar surface area (TPSA) is 66.5 Å². The van der Waals surface area contributed by atoms with Crippen LogP contribution in [0.1, 0.15) is 18.4 Å². The Balaban J connectivity index is 1.59. The van der Waals surface area contributed by atoms with Crippen LogP contribution in [0, 0.1) is 5.92 Å². The predicted octanol–water partition coefficient (Wildman–Crippen LogP) is 2.77. The zero-order valence-electron chi connectivity index (χ0n) is 16.3. The molecule has 7 heteroatoms. The van der Waals surface area contributed by atoms with Gasteiger partial charge in [-0.3, -0.25) is 4.79 Å². The summed E-state index contributed by atoms with van der Waals surface area (Å²) in [5.74, 6) is -0.760. The molecule has 5 nitrogen and oxygen atoms in total. The summed E-state index contributed by atoms with van der Waals surface area (Å²) in [6, 6.07) is 17.4. The molecule has 1 heterocycles. The van der Waals surface area contributed by atoms with Gasteiger partial charge in [0.25, 0.3) is 0 Å². The maximum Gasteiger partial charge on any atom is 0.229 e. The van der Waals surface area contributed by atoms with Gasteiger partial charge in [-0.05, 0) is 36.0 Å². The molecular formula is C22H25FN2O3S. The van der Waals surface area contributed by atoms with E-state index in [1.807, 2.05) is 48.5 Å². The standard InChI is InChI=1S/C22H25FN2O3S/c1-29(27,28)24-20-10-11-25(22(26)18-14-19(18)23)21(20)13-15-6-5-9-17(12-15)16-7-3-2-4-8-16/h2-9,12,18-21,24H,10-11,13-14H2,1H3/t18?,19?,20-,21-/m1/s1. The summed E-state index contributed by atoms with van der Waals surface area (Å²) in [5, 5.41) is 0. The molecule has 1 N–H and O–H groups in total. The SMILES string of the molecule is CS(=O)(=O)N[C@@H]1CCN(C(=O)C2CC2F)[C@@H]1Cc1cccc(-c2ccccc2)c1. The van der Waals surface area contributed by atoms with Crippen molar-refractivity contribution in [1.29, 1.82) is 0 Å². The Labute approximate surface area is 171 Å². The predicted molar refractivity (Wildman–Crippen MR) is 110 cm³/mol. The fraction of sp³-hybridized carbons (Fsp3) is 0.409. The molecule has 29 heavy (non-hydrogen) atoms. The van der Waals surface area contributed by atoms with Crippen molar-refractivity contribution in [2.75, 3.05) is 12.8 Å². The molecule has 0 spiro atoms. The largest absolute Gasteiger partial charge is 0.337 e. The lowest BCUT2D eigenvalue weighted by Crippen LogP contribution is -2.48. The number of halogens is 1. The number of nitrogens with zero attached hydrogens (tertiary/aromatic N) is 1. The molecule has 0 radical (unpaired) electrons. The van der Waals surface area contributed by atoms with Gasteiger partial charge in [-0.25, -0.2) is 17.5 Å². The quantitative estimate of drug-likeness (QED) is 0.788. The van der Waals surface area contributed by atoms with Crippen LogP contribution in [0.5, 0.6) is 0 Å². The van der Waals surface area contributed by atoms with Crippen LogP contribution in [0.3, 0.4) is 0 Å². The normalized spacial score (nSPS) is 26.5. The number of sulfonamides is 1. The van der Waals surface area contributed by atoms with Gasteiger partial charge in [0, 0.05) is 12.6 Å². The maximum atomic E-state index is 13.5. The fourth-order valence-electron chi connectivity index (χ4n) is 4.17. The van der Waals surface area contributed by atoms with E-state index in [1.165, 1.54) is 0 Å².